The van der Waals surface area contributed by atoms with E-state index in [-0.39, 0.29) is 0 Å². The molecule has 9 aromatic rings. The van der Waals surface area contributed by atoms with Crippen molar-refractivity contribution in [3.63, 3.8) is 0 Å². The summed E-state index contributed by atoms with van der Waals surface area (Å²) in [7, 11) is 0. The average molecular weight is 731 g/mol. The number of fused-ring (bicyclic) bond motifs is 4. The molecule has 6 heteroatoms. The van der Waals surface area contributed by atoms with E-state index < -0.39 is 25.2 Å². The standard InChI is InChI=1S/C50H34O6/c51-46(52)29-55-45-26-24-35-27-34(38-21-9-14-31-11-1-4-16-36(31)38)23-25-40(35)48(45)49-39-18-6-3-13-33(39)28-44(50(49)56-30-47(53)54)43-20-8-7-19-42(43)41-22-10-15-32-12-2-5-17-37(32)41/h1-28H,29-30H2,(H,51,52)(H,53,54). The van der Waals surface area contributed by atoms with Crippen LogP contribution < -0.4 is 9.47 Å². The van der Waals surface area contributed by atoms with Crippen molar-refractivity contribution in [1.29, 1.82) is 0 Å². The summed E-state index contributed by atoms with van der Waals surface area (Å²) in [6.45, 7) is -1.17. The van der Waals surface area contributed by atoms with E-state index in [4.69, 9.17) is 9.47 Å². The first-order chi connectivity index (χ1) is 27.4. The predicted molar refractivity (Wildman–Crippen MR) is 224 cm³/mol. The number of carbonyl (C=O) groups is 2. The maximum atomic E-state index is 12.3. The van der Waals surface area contributed by atoms with Crippen LogP contribution in [0.1, 0.15) is 0 Å². The molecule has 9 rings (SSSR count). The monoisotopic (exact) mass is 730 g/mol. The first kappa shape index (κ1) is 34.3. The van der Waals surface area contributed by atoms with Gasteiger partial charge in [0, 0.05) is 16.7 Å². The normalized spacial score (nSPS) is 11.3. The minimum absolute atomic E-state index is 0.336. The lowest BCUT2D eigenvalue weighted by molar-refractivity contribution is -0.140. The highest BCUT2D eigenvalue weighted by Crippen LogP contribution is 2.51. The Labute approximate surface area is 322 Å². The molecule has 6 nitrogen and oxygen atoms in total. The van der Waals surface area contributed by atoms with Crippen molar-refractivity contribution in [1.82, 2.24) is 0 Å². The van der Waals surface area contributed by atoms with Gasteiger partial charge in [-0.2, -0.15) is 0 Å². The van der Waals surface area contributed by atoms with Gasteiger partial charge in [-0.3, -0.25) is 0 Å². The smallest absolute Gasteiger partial charge is 0.341 e. The van der Waals surface area contributed by atoms with E-state index in [2.05, 4.69) is 72.8 Å². The molecule has 0 amide bonds. The Hall–Kier alpha value is -7.44. The van der Waals surface area contributed by atoms with Crippen LogP contribution >= 0.6 is 0 Å². The molecule has 9 aromatic carbocycles. The van der Waals surface area contributed by atoms with Crippen molar-refractivity contribution in [2.75, 3.05) is 13.2 Å². The predicted octanol–water partition coefficient (Wildman–Crippen LogP) is 11.9. The van der Waals surface area contributed by atoms with Gasteiger partial charge in [0.1, 0.15) is 11.5 Å². The number of benzene rings is 9. The summed E-state index contributed by atoms with van der Waals surface area (Å²) in [5, 5.41) is 27.6. The fourth-order valence-corrected chi connectivity index (χ4v) is 7.95. The van der Waals surface area contributed by atoms with Crippen molar-refractivity contribution in [2.45, 2.75) is 0 Å². The van der Waals surface area contributed by atoms with Gasteiger partial charge in [0.15, 0.2) is 13.2 Å². The SMILES string of the molecule is O=C(O)COc1ccc2cc(-c3cccc4ccccc34)ccc2c1-c1c(OCC(=O)O)c(-c2ccccc2-c2cccc3ccccc23)cc2ccccc12. The molecule has 270 valence electrons. The number of hydrogen-bond acceptors (Lipinski definition) is 4. The van der Waals surface area contributed by atoms with Gasteiger partial charge in [0.2, 0.25) is 0 Å². The molecule has 0 bridgehead atoms. The van der Waals surface area contributed by atoms with Crippen molar-refractivity contribution in [3.05, 3.63) is 170 Å². The first-order valence-electron chi connectivity index (χ1n) is 18.3. The Bertz CT molecular complexity index is 2990. The fraction of sp³-hybridized carbons (Fsp3) is 0.0400. The molecule has 0 radical (unpaired) electrons. The molecule has 0 heterocycles. The van der Waals surface area contributed by atoms with Gasteiger partial charge < -0.3 is 19.7 Å². The van der Waals surface area contributed by atoms with E-state index in [9.17, 15) is 19.8 Å². The minimum Gasteiger partial charge on any atom is -0.481 e. The molecule has 0 atom stereocenters. The number of ether oxygens (including phenoxy) is 2. The highest BCUT2D eigenvalue weighted by atomic mass is 16.5. The third-order valence-electron chi connectivity index (χ3n) is 10.3. The lowest BCUT2D eigenvalue weighted by Crippen LogP contribution is -2.12. The van der Waals surface area contributed by atoms with Crippen LogP contribution in [0.15, 0.2) is 170 Å². The lowest BCUT2D eigenvalue weighted by atomic mass is 9.85. The van der Waals surface area contributed by atoms with Crippen LogP contribution in [0, 0.1) is 0 Å². The second-order valence-electron chi connectivity index (χ2n) is 13.7. The van der Waals surface area contributed by atoms with E-state index in [1.807, 2.05) is 91.0 Å². The van der Waals surface area contributed by atoms with Crippen LogP contribution in [0.5, 0.6) is 11.5 Å². The second-order valence-corrected chi connectivity index (χ2v) is 13.7. The molecule has 0 saturated heterocycles. The Kier molecular flexibility index (Phi) is 8.84. The maximum Gasteiger partial charge on any atom is 0.341 e. The second kappa shape index (κ2) is 14.4. The maximum absolute atomic E-state index is 12.3. The number of aliphatic carboxylic acids is 2. The molecule has 0 unspecified atom stereocenters. The molecule has 0 aromatic heterocycles. The van der Waals surface area contributed by atoms with Gasteiger partial charge in [-0.05, 0) is 89.1 Å². The Morgan fingerprint density at radius 1 is 0.393 bits per heavy atom. The van der Waals surface area contributed by atoms with Crippen LogP contribution in [0.3, 0.4) is 0 Å². The fourth-order valence-electron chi connectivity index (χ4n) is 7.95. The molecule has 0 saturated carbocycles. The highest BCUT2D eigenvalue weighted by Gasteiger charge is 2.25. The average Bonchev–Trinajstić information content (AvgIpc) is 3.23. The van der Waals surface area contributed by atoms with Gasteiger partial charge in [-0.15, -0.1) is 0 Å². The van der Waals surface area contributed by atoms with Crippen molar-refractivity contribution < 1.29 is 29.3 Å². The lowest BCUT2D eigenvalue weighted by Gasteiger charge is -2.23. The van der Waals surface area contributed by atoms with E-state index in [0.29, 0.717) is 28.2 Å². The third kappa shape index (κ3) is 6.23. The molecule has 2 N–H and O–H groups in total. The Morgan fingerprint density at radius 2 is 0.893 bits per heavy atom. The van der Waals surface area contributed by atoms with Crippen molar-refractivity contribution in [3.8, 4) is 56.0 Å². The van der Waals surface area contributed by atoms with E-state index >= 15 is 0 Å². The van der Waals surface area contributed by atoms with E-state index in [0.717, 1.165) is 70.9 Å². The van der Waals surface area contributed by atoms with Gasteiger partial charge in [0.25, 0.3) is 0 Å². The zero-order chi connectivity index (χ0) is 38.2. The highest BCUT2D eigenvalue weighted by molar-refractivity contribution is 6.14. The summed E-state index contributed by atoms with van der Waals surface area (Å²) in [5.74, 6) is -1.56. The molecule has 0 aliphatic heterocycles. The summed E-state index contributed by atoms with van der Waals surface area (Å²) in [4.78, 5) is 24.2. The van der Waals surface area contributed by atoms with Crippen LogP contribution in [0.4, 0.5) is 0 Å². The van der Waals surface area contributed by atoms with Crippen molar-refractivity contribution >= 4 is 55.0 Å². The molecule has 0 spiro atoms. The Balaban J connectivity index is 1.36. The summed E-state index contributed by atoms with van der Waals surface area (Å²) in [6, 6.07) is 56.9. The molecular weight excluding hydrogens is 697 g/mol. The molecule has 56 heavy (non-hydrogen) atoms. The van der Waals surface area contributed by atoms with Gasteiger partial charge in [-0.25, -0.2) is 9.59 Å². The minimum atomic E-state index is -1.13. The zero-order valence-electron chi connectivity index (χ0n) is 30.1. The molecule has 0 aliphatic rings. The number of hydrogen-bond donors (Lipinski definition) is 2. The van der Waals surface area contributed by atoms with Gasteiger partial charge in [-0.1, -0.05) is 152 Å². The number of rotatable bonds is 10. The number of carboxylic acid groups (broad SMARTS) is 2. The van der Waals surface area contributed by atoms with Crippen LogP contribution in [-0.2, 0) is 9.59 Å². The zero-order valence-corrected chi connectivity index (χ0v) is 30.1. The first-order valence-corrected chi connectivity index (χ1v) is 18.3. The van der Waals surface area contributed by atoms with Crippen LogP contribution in [0.25, 0.3) is 87.6 Å². The quantitative estimate of drug-likeness (QED) is 0.145. The van der Waals surface area contributed by atoms with Crippen molar-refractivity contribution in [2.24, 2.45) is 0 Å². The largest absolute Gasteiger partial charge is 0.481 e. The molecular formula is C50H34O6. The van der Waals surface area contributed by atoms with Crippen LogP contribution in [0.2, 0.25) is 0 Å². The van der Waals surface area contributed by atoms with Crippen LogP contribution in [-0.4, -0.2) is 35.4 Å². The van der Waals surface area contributed by atoms with E-state index in [1.165, 1.54) is 0 Å². The molecule has 0 fully saturated rings. The molecule has 0 aliphatic carbocycles. The Morgan fingerprint density at radius 3 is 1.59 bits per heavy atom. The number of carboxylic acids is 2. The summed E-state index contributed by atoms with van der Waals surface area (Å²) >= 11 is 0. The summed E-state index contributed by atoms with van der Waals surface area (Å²) < 4.78 is 12.5. The third-order valence-corrected chi connectivity index (χ3v) is 10.3. The topological polar surface area (TPSA) is 93.1 Å². The van der Waals surface area contributed by atoms with Gasteiger partial charge in [0.05, 0.1) is 0 Å². The summed E-state index contributed by atoms with van der Waals surface area (Å²) in [5.41, 5.74) is 6.83. The summed E-state index contributed by atoms with van der Waals surface area (Å²) in [6.07, 6.45) is 0. The van der Waals surface area contributed by atoms with E-state index in [1.54, 1.807) is 6.07 Å². The van der Waals surface area contributed by atoms with Gasteiger partial charge >= 0.3 is 11.9 Å².